The zero-order valence-electron chi connectivity index (χ0n) is 25.7. The van der Waals surface area contributed by atoms with E-state index in [1.54, 1.807) is 29.2 Å². The van der Waals surface area contributed by atoms with E-state index in [9.17, 15) is 22.8 Å². The maximum atomic E-state index is 13.7. The number of nitrogens with one attached hydrogen (secondary N) is 4. The highest BCUT2D eigenvalue weighted by Gasteiger charge is 2.35. The first-order valence-corrected chi connectivity index (χ1v) is 14.1. The van der Waals surface area contributed by atoms with Crippen molar-refractivity contribution in [2.24, 2.45) is 0 Å². The van der Waals surface area contributed by atoms with Crippen LogP contribution in [0.2, 0.25) is 0 Å². The summed E-state index contributed by atoms with van der Waals surface area (Å²) in [5.74, 6) is -0.426. The van der Waals surface area contributed by atoms with E-state index in [4.69, 9.17) is 4.74 Å². The predicted molar refractivity (Wildman–Crippen MR) is 167 cm³/mol. The molecule has 1 aromatic carbocycles. The lowest BCUT2D eigenvalue weighted by Crippen LogP contribution is -2.29. The summed E-state index contributed by atoms with van der Waals surface area (Å²) < 4.78 is 46.6. The van der Waals surface area contributed by atoms with Crippen LogP contribution in [0.4, 0.5) is 47.8 Å². The van der Waals surface area contributed by atoms with Crippen LogP contribution in [0.15, 0.2) is 55.3 Å². The summed E-state index contributed by atoms with van der Waals surface area (Å²) in [6.07, 6.45) is -2.23. The fourth-order valence-electron chi connectivity index (χ4n) is 4.01. The third kappa shape index (κ3) is 9.85. The Balaban J connectivity index is 0.00000162. The molecule has 238 valence electrons. The molecule has 11 nitrogen and oxygen atoms in total. The maximum Gasteiger partial charge on any atom is 0.421 e. The standard InChI is InChI=1S/C26H27F3N8O3.2C2H6/c1-4-22(39)32-16-6-5-7-17(12-16)33-23-19(26(27,28)29)13-30-25(36-23)34-20-8-9-21(35-24(20)40-3)31-18-10-11-37(14-18)15(2)38;2*1-2/h4-9,12-13,18H,1,10-11,14H2,2-3H3,(H,31,35)(H,32,39)(H2,30,33,34,36);2*1-2H3. The second-order valence-corrected chi connectivity index (χ2v) is 8.83. The lowest BCUT2D eigenvalue weighted by atomic mass is 10.2. The van der Waals surface area contributed by atoms with E-state index in [2.05, 4.69) is 42.8 Å². The quantitative estimate of drug-likeness (QED) is 0.196. The molecule has 0 aliphatic carbocycles. The number of hydrogen-bond donors (Lipinski definition) is 4. The summed E-state index contributed by atoms with van der Waals surface area (Å²) >= 11 is 0. The summed E-state index contributed by atoms with van der Waals surface area (Å²) in [7, 11) is 1.41. The van der Waals surface area contributed by atoms with Crippen LogP contribution in [0.5, 0.6) is 5.88 Å². The highest BCUT2D eigenvalue weighted by Crippen LogP contribution is 2.36. The zero-order chi connectivity index (χ0) is 32.9. The van der Waals surface area contributed by atoms with Crippen molar-refractivity contribution >= 4 is 46.5 Å². The molecule has 0 saturated carbocycles. The summed E-state index contributed by atoms with van der Waals surface area (Å²) in [4.78, 5) is 37.2. The lowest BCUT2D eigenvalue weighted by Gasteiger charge is -2.17. The normalized spacial score (nSPS) is 13.8. The zero-order valence-corrected chi connectivity index (χ0v) is 25.7. The number of halogens is 3. The van der Waals surface area contributed by atoms with Gasteiger partial charge in [0.25, 0.3) is 0 Å². The van der Waals surface area contributed by atoms with Gasteiger partial charge in [0.1, 0.15) is 22.9 Å². The van der Waals surface area contributed by atoms with Gasteiger partial charge < -0.3 is 30.9 Å². The number of alkyl halides is 3. The van der Waals surface area contributed by atoms with Gasteiger partial charge in [-0.25, -0.2) is 4.98 Å². The number of hydrogen-bond acceptors (Lipinski definition) is 9. The van der Waals surface area contributed by atoms with Gasteiger partial charge in [0.15, 0.2) is 0 Å². The van der Waals surface area contributed by atoms with E-state index in [1.165, 1.54) is 26.2 Å². The van der Waals surface area contributed by atoms with Gasteiger partial charge in [-0.15, -0.1) is 0 Å². The van der Waals surface area contributed by atoms with E-state index in [0.717, 1.165) is 12.5 Å². The molecule has 14 heteroatoms. The topological polar surface area (TPSA) is 133 Å². The van der Waals surface area contributed by atoms with E-state index < -0.39 is 23.5 Å². The summed E-state index contributed by atoms with van der Waals surface area (Å²) in [6, 6.07) is 9.44. The second-order valence-electron chi connectivity index (χ2n) is 8.83. The number of carbonyl (C=O) groups excluding carboxylic acids is 2. The number of rotatable bonds is 9. The van der Waals surface area contributed by atoms with Crippen molar-refractivity contribution in [1.29, 1.82) is 0 Å². The number of likely N-dealkylation sites (tertiary alicyclic amines) is 1. The lowest BCUT2D eigenvalue weighted by molar-refractivity contribution is -0.137. The van der Waals surface area contributed by atoms with Gasteiger partial charge in [-0.3, -0.25) is 9.59 Å². The molecule has 4 N–H and O–H groups in total. The van der Waals surface area contributed by atoms with Crippen molar-refractivity contribution in [1.82, 2.24) is 19.9 Å². The molecule has 1 fully saturated rings. The smallest absolute Gasteiger partial charge is 0.421 e. The largest absolute Gasteiger partial charge is 0.479 e. The molecule has 2 amide bonds. The minimum atomic E-state index is -4.74. The Morgan fingerprint density at radius 3 is 2.39 bits per heavy atom. The molecule has 1 aliphatic rings. The highest BCUT2D eigenvalue weighted by molar-refractivity contribution is 5.99. The molecule has 3 heterocycles. The molecule has 0 radical (unpaired) electrons. The number of amides is 2. The molecular formula is C30H39F3N8O3. The van der Waals surface area contributed by atoms with Crippen molar-refractivity contribution in [3.05, 3.63) is 60.8 Å². The monoisotopic (exact) mass is 616 g/mol. The maximum absolute atomic E-state index is 13.7. The van der Waals surface area contributed by atoms with Crippen molar-refractivity contribution in [2.75, 3.05) is 41.5 Å². The first-order valence-electron chi connectivity index (χ1n) is 14.1. The average Bonchev–Trinajstić information content (AvgIpc) is 3.48. The summed E-state index contributed by atoms with van der Waals surface area (Å²) in [5.41, 5.74) is -0.155. The van der Waals surface area contributed by atoms with E-state index in [-0.39, 0.29) is 29.5 Å². The number of methoxy groups -OCH3 is 1. The summed E-state index contributed by atoms with van der Waals surface area (Å²) in [5, 5.41) is 11.3. The fourth-order valence-corrected chi connectivity index (χ4v) is 4.01. The number of pyridine rings is 1. The van der Waals surface area contributed by atoms with Gasteiger partial charge in [0.05, 0.1) is 7.11 Å². The second kappa shape index (κ2) is 16.7. The van der Waals surface area contributed by atoms with Crippen molar-refractivity contribution in [3.63, 3.8) is 0 Å². The van der Waals surface area contributed by atoms with Gasteiger partial charge >= 0.3 is 6.18 Å². The first kappa shape index (κ1) is 35.3. The molecule has 4 rings (SSSR count). The molecule has 1 atom stereocenters. The molecule has 1 unspecified atom stereocenters. The van der Waals surface area contributed by atoms with Crippen LogP contribution in [-0.4, -0.2) is 57.9 Å². The van der Waals surface area contributed by atoms with Crippen LogP contribution in [0.25, 0.3) is 0 Å². The van der Waals surface area contributed by atoms with Crippen LogP contribution < -0.4 is 26.0 Å². The van der Waals surface area contributed by atoms with Crippen molar-refractivity contribution in [2.45, 2.75) is 53.3 Å². The summed E-state index contributed by atoms with van der Waals surface area (Å²) in [6.45, 7) is 14.1. The third-order valence-electron chi connectivity index (χ3n) is 5.96. The minimum absolute atomic E-state index is 0.00644. The fraction of sp³-hybridized carbons (Fsp3) is 0.367. The minimum Gasteiger partial charge on any atom is -0.479 e. The SMILES string of the molecule is C=CC(=O)Nc1cccc(Nc2nc(Nc3ccc(NC4CCN(C(C)=O)C4)nc3OC)ncc2C(F)(F)F)c1.CC.CC. The van der Waals surface area contributed by atoms with Crippen LogP contribution in [0, 0.1) is 0 Å². The number of benzene rings is 1. The molecular weight excluding hydrogens is 577 g/mol. The Morgan fingerprint density at radius 1 is 1.07 bits per heavy atom. The third-order valence-corrected chi connectivity index (χ3v) is 5.96. The van der Waals surface area contributed by atoms with E-state index >= 15 is 0 Å². The van der Waals surface area contributed by atoms with Gasteiger partial charge in [0, 0.05) is 43.6 Å². The first-order chi connectivity index (χ1) is 21.0. The van der Waals surface area contributed by atoms with Crippen molar-refractivity contribution in [3.8, 4) is 5.88 Å². The van der Waals surface area contributed by atoms with Crippen LogP contribution >= 0.6 is 0 Å². The predicted octanol–water partition coefficient (Wildman–Crippen LogP) is 6.60. The Morgan fingerprint density at radius 2 is 1.77 bits per heavy atom. The number of carbonyl (C=O) groups is 2. The Kier molecular flexibility index (Phi) is 13.4. The Hall–Kier alpha value is -4.88. The van der Waals surface area contributed by atoms with Crippen LogP contribution in [0.3, 0.4) is 0 Å². The van der Waals surface area contributed by atoms with Gasteiger partial charge in [-0.2, -0.15) is 23.1 Å². The molecule has 1 aliphatic heterocycles. The Labute approximate surface area is 255 Å². The number of ether oxygens (including phenoxy) is 1. The molecule has 44 heavy (non-hydrogen) atoms. The molecule has 0 spiro atoms. The van der Waals surface area contributed by atoms with Gasteiger partial charge in [-0.1, -0.05) is 40.3 Å². The number of anilines is 6. The van der Waals surface area contributed by atoms with E-state index in [1.807, 2.05) is 27.7 Å². The number of nitrogens with zero attached hydrogens (tertiary/aromatic N) is 4. The van der Waals surface area contributed by atoms with Gasteiger partial charge in [-0.05, 0) is 42.8 Å². The molecule has 0 bridgehead atoms. The average molecular weight is 617 g/mol. The number of aromatic nitrogens is 3. The van der Waals surface area contributed by atoms with Crippen molar-refractivity contribution < 1.29 is 27.5 Å². The molecule has 2 aromatic heterocycles. The molecule has 1 saturated heterocycles. The Bertz CT molecular complexity index is 1420. The van der Waals surface area contributed by atoms with Crippen LogP contribution in [0.1, 0.15) is 46.6 Å². The highest BCUT2D eigenvalue weighted by atomic mass is 19.4. The van der Waals surface area contributed by atoms with Gasteiger partial charge in [0.2, 0.25) is 23.6 Å². The van der Waals surface area contributed by atoms with E-state index in [0.29, 0.717) is 36.5 Å². The molecule has 3 aromatic rings. The van der Waals surface area contributed by atoms with Crippen LogP contribution in [-0.2, 0) is 15.8 Å².